The van der Waals surface area contributed by atoms with Gasteiger partial charge in [-0.3, -0.25) is 0 Å². The average molecular weight is 115 g/mol. The third-order valence-corrected chi connectivity index (χ3v) is 0.289. The quantitative estimate of drug-likeness (QED) is 0.471. The Balaban J connectivity index is 0. The molecule has 0 aromatic rings. The fraction of sp³-hybridized carbons (Fsp3) is 0.714. The molecule has 0 aliphatic carbocycles. The monoisotopic (exact) mass is 115 g/mol. The van der Waals surface area contributed by atoms with Crippen LogP contribution in [0.15, 0.2) is 12.7 Å². The molecule has 0 spiro atoms. The van der Waals surface area contributed by atoms with Crippen LogP contribution in [-0.2, 0) is 0 Å². The first-order valence-corrected chi connectivity index (χ1v) is 2.87. The number of rotatable bonds is 1. The van der Waals surface area contributed by atoms with Crippen LogP contribution in [0.4, 0.5) is 0 Å². The van der Waals surface area contributed by atoms with E-state index in [0.717, 1.165) is 6.42 Å². The Hall–Kier alpha value is -0.300. The molecule has 0 unspecified atom stereocenters. The number of hydrogen-bond donors (Lipinski definition) is 0. The fourth-order valence-electron chi connectivity index (χ4n) is 0. The molecule has 0 radical (unpaired) electrons. The smallest absolute Gasteiger partial charge is 0.0140 e. The highest BCUT2D eigenvalue weighted by molar-refractivity contribution is 4.60. The molecule has 50 valence electrons. The van der Waals surface area contributed by atoms with E-state index in [1.54, 1.807) is 0 Å². The van der Waals surface area contributed by atoms with Gasteiger partial charge in [0.05, 0.1) is 0 Å². The Labute approximate surface area is 53.0 Å². The van der Waals surface area contributed by atoms with Crippen LogP contribution in [0.25, 0.3) is 0 Å². The van der Waals surface area contributed by atoms with Crippen LogP contribution in [0.1, 0.15) is 13.3 Å². The second kappa shape index (κ2) is 9.85. The molecule has 0 aromatic heterocycles. The predicted molar refractivity (Wildman–Crippen MR) is 40.1 cm³/mol. The topological polar surface area (TPSA) is 3.24 Å². The van der Waals surface area contributed by atoms with Crippen molar-refractivity contribution in [3.05, 3.63) is 12.7 Å². The summed E-state index contributed by atoms with van der Waals surface area (Å²) >= 11 is 0. The maximum Gasteiger partial charge on any atom is -0.0140 e. The van der Waals surface area contributed by atoms with Gasteiger partial charge in [-0.05, 0) is 27.6 Å². The highest BCUT2D eigenvalue weighted by Crippen LogP contribution is 1.66. The summed E-state index contributed by atoms with van der Waals surface area (Å²) in [5, 5.41) is 0. The summed E-state index contributed by atoms with van der Waals surface area (Å²) in [7, 11) is 6.00. The van der Waals surface area contributed by atoms with Gasteiger partial charge in [-0.15, -0.1) is 6.58 Å². The lowest BCUT2D eigenvalue weighted by Gasteiger charge is -1.90. The first-order valence-electron chi connectivity index (χ1n) is 2.87. The summed E-state index contributed by atoms with van der Waals surface area (Å²) in [5.41, 5.74) is 0. The molecule has 8 heavy (non-hydrogen) atoms. The third kappa shape index (κ3) is 257. The molecule has 0 fully saturated rings. The lowest BCUT2D eigenvalue weighted by Crippen LogP contribution is -1.99. The van der Waals surface area contributed by atoms with Crippen molar-refractivity contribution in [3.63, 3.8) is 0 Å². The van der Waals surface area contributed by atoms with E-state index < -0.39 is 0 Å². The SMILES string of the molecule is C=CCC.CN(C)C. The molecule has 0 aliphatic heterocycles. The van der Waals surface area contributed by atoms with Crippen molar-refractivity contribution < 1.29 is 0 Å². The molecule has 0 saturated heterocycles. The first kappa shape index (κ1) is 10.6. The van der Waals surface area contributed by atoms with Crippen LogP contribution < -0.4 is 0 Å². The van der Waals surface area contributed by atoms with Crippen molar-refractivity contribution in [2.75, 3.05) is 21.1 Å². The second-order valence-corrected chi connectivity index (χ2v) is 2.04. The van der Waals surface area contributed by atoms with Gasteiger partial charge in [0.2, 0.25) is 0 Å². The molecule has 0 N–H and O–H groups in total. The number of hydrogen-bond acceptors (Lipinski definition) is 1. The zero-order valence-electron chi connectivity index (χ0n) is 6.44. The molecule has 1 nitrogen and oxygen atoms in total. The highest BCUT2D eigenvalue weighted by Gasteiger charge is 1.58. The molecular weight excluding hydrogens is 98.1 g/mol. The van der Waals surface area contributed by atoms with Crippen molar-refractivity contribution in [1.82, 2.24) is 4.90 Å². The van der Waals surface area contributed by atoms with Gasteiger partial charge in [-0.2, -0.15) is 0 Å². The summed E-state index contributed by atoms with van der Waals surface area (Å²) in [6.07, 6.45) is 2.96. The lowest BCUT2D eigenvalue weighted by atomic mass is 10.5. The van der Waals surface area contributed by atoms with Crippen molar-refractivity contribution >= 4 is 0 Å². The van der Waals surface area contributed by atoms with Crippen molar-refractivity contribution in [2.45, 2.75) is 13.3 Å². The third-order valence-electron chi connectivity index (χ3n) is 0.289. The molecular formula is C7H17N. The fourth-order valence-corrected chi connectivity index (χ4v) is 0. The van der Waals surface area contributed by atoms with E-state index in [4.69, 9.17) is 0 Å². The van der Waals surface area contributed by atoms with Crippen LogP contribution >= 0.6 is 0 Å². The molecule has 0 aromatic carbocycles. The van der Waals surface area contributed by atoms with Gasteiger partial charge < -0.3 is 4.90 Å². The predicted octanol–water partition coefficient (Wildman–Crippen LogP) is 1.76. The molecule has 0 saturated carbocycles. The maximum absolute atomic E-state index is 3.48. The Kier molecular flexibility index (Phi) is 13.1. The Morgan fingerprint density at radius 1 is 1.38 bits per heavy atom. The van der Waals surface area contributed by atoms with Gasteiger partial charge in [-0.1, -0.05) is 13.0 Å². The van der Waals surface area contributed by atoms with Crippen LogP contribution in [0.5, 0.6) is 0 Å². The van der Waals surface area contributed by atoms with E-state index in [9.17, 15) is 0 Å². The Bertz CT molecular complexity index is 36.9. The largest absolute Gasteiger partial charge is 0.312 e. The molecule has 0 bridgehead atoms. The Morgan fingerprint density at radius 3 is 1.50 bits per heavy atom. The van der Waals surface area contributed by atoms with E-state index in [1.807, 2.05) is 32.1 Å². The van der Waals surface area contributed by atoms with Gasteiger partial charge in [0.25, 0.3) is 0 Å². The van der Waals surface area contributed by atoms with Crippen LogP contribution in [0.2, 0.25) is 0 Å². The van der Waals surface area contributed by atoms with Gasteiger partial charge in [0.1, 0.15) is 0 Å². The second-order valence-electron chi connectivity index (χ2n) is 2.04. The van der Waals surface area contributed by atoms with Crippen LogP contribution in [0.3, 0.4) is 0 Å². The minimum absolute atomic E-state index is 1.08. The molecule has 0 atom stereocenters. The van der Waals surface area contributed by atoms with Crippen molar-refractivity contribution in [3.8, 4) is 0 Å². The summed E-state index contributed by atoms with van der Waals surface area (Å²) in [5.74, 6) is 0. The van der Waals surface area contributed by atoms with E-state index in [1.165, 1.54) is 0 Å². The highest BCUT2D eigenvalue weighted by atomic mass is 15.0. The van der Waals surface area contributed by atoms with Gasteiger partial charge in [-0.25, -0.2) is 0 Å². The van der Waals surface area contributed by atoms with E-state index >= 15 is 0 Å². The summed E-state index contributed by atoms with van der Waals surface area (Å²) in [6, 6.07) is 0. The maximum atomic E-state index is 3.48. The lowest BCUT2D eigenvalue weighted by molar-refractivity contribution is 0.505. The molecule has 0 aliphatic rings. The first-order chi connectivity index (χ1) is 3.65. The summed E-state index contributed by atoms with van der Waals surface area (Å²) < 4.78 is 0. The molecule has 0 heterocycles. The number of nitrogens with zero attached hydrogens (tertiary/aromatic N) is 1. The van der Waals surface area contributed by atoms with Crippen molar-refractivity contribution in [1.29, 1.82) is 0 Å². The van der Waals surface area contributed by atoms with Gasteiger partial charge >= 0.3 is 0 Å². The zero-order chi connectivity index (χ0) is 6.99. The van der Waals surface area contributed by atoms with Gasteiger partial charge in [0, 0.05) is 0 Å². The van der Waals surface area contributed by atoms with Crippen LogP contribution in [0, 0.1) is 0 Å². The minimum Gasteiger partial charge on any atom is -0.312 e. The molecule has 0 rings (SSSR count). The molecule has 1 heteroatoms. The zero-order valence-corrected chi connectivity index (χ0v) is 6.44. The van der Waals surface area contributed by atoms with E-state index in [0.29, 0.717) is 0 Å². The van der Waals surface area contributed by atoms with Gasteiger partial charge in [0.15, 0.2) is 0 Å². The Morgan fingerprint density at radius 2 is 1.50 bits per heavy atom. The van der Waals surface area contributed by atoms with Crippen LogP contribution in [-0.4, -0.2) is 26.0 Å². The van der Waals surface area contributed by atoms with E-state index in [-0.39, 0.29) is 0 Å². The molecule has 0 amide bonds. The number of allylic oxidation sites excluding steroid dienone is 1. The van der Waals surface area contributed by atoms with Crippen molar-refractivity contribution in [2.24, 2.45) is 0 Å². The standard InChI is InChI=1S/C4H8.C3H9N/c1-3-4-2;1-4(2)3/h3H,1,4H2,2H3;1-3H3. The summed E-state index contributed by atoms with van der Waals surface area (Å²) in [6.45, 7) is 5.54. The summed E-state index contributed by atoms with van der Waals surface area (Å²) in [4.78, 5) is 2.00. The normalized spacial score (nSPS) is 7.62. The minimum atomic E-state index is 1.08. The van der Waals surface area contributed by atoms with E-state index in [2.05, 4.69) is 13.5 Å². The average Bonchev–Trinajstić information content (AvgIpc) is 1.65.